The van der Waals surface area contributed by atoms with Gasteiger partial charge in [0.15, 0.2) is 0 Å². The Balaban J connectivity index is 2.70. The summed E-state index contributed by atoms with van der Waals surface area (Å²) in [4.78, 5) is 35.7. The van der Waals surface area contributed by atoms with E-state index in [1.807, 2.05) is 6.92 Å². The van der Waals surface area contributed by atoms with E-state index in [0.717, 1.165) is 0 Å². The van der Waals surface area contributed by atoms with Gasteiger partial charge < -0.3 is 19.8 Å². The van der Waals surface area contributed by atoms with Crippen LogP contribution in [0.25, 0.3) is 0 Å². The molecule has 1 amide bonds. The highest BCUT2D eigenvalue weighted by atomic mass is 16.6. The van der Waals surface area contributed by atoms with Crippen LogP contribution < -0.4 is 0 Å². The van der Waals surface area contributed by atoms with Gasteiger partial charge in [0, 0.05) is 25.9 Å². The van der Waals surface area contributed by atoms with Gasteiger partial charge in [0.25, 0.3) is 0 Å². The smallest absolute Gasteiger partial charge is 0.410 e. The highest BCUT2D eigenvalue weighted by molar-refractivity contribution is 5.71. The normalized spacial score (nSPS) is 22.0. The summed E-state index contributed by atoms with van der Waals surface area (Å²) in [6.45, 7) is 8.25. The predicted octanol–water partition coefficient (Wildman–Crippen LogP) is 2.45. The lowest BCUT2D eigenvalue weighted by molar-refractivity contribution is -0.142. The molecule has 2 unspecified atom stereocenters. The number of nitrogens with zero attached hydrogens (tertiary/aromatic N) is 1. The first-order chi connectivity index (χ1) is 10.5. The second-order valence-corrected chi connectivity index (χ2v) is 7.31. The molecular formula is C16H27NO6. The first-order valence-electron chi connectivity index (χ1n) is 7.91. The zero-order chi connectivity index (χ0) is 17.8. The lowest BCUT2D eigenvalue weighted by Gasteiger charge is -2.40. The number of carbonyl (C=O) groups is 3. The zero-order valence-corrected chi connectivity index (χ0v) is 14.2. The minimum absolute atomic E-state index is 0.0270. The molecule has 7 heteroatoms. The Morgan fingerprint density at radius 3 is 2.09 bits per heavy atom. The van der Waals surface area contributed by atoms with Crippen molar-refractivity contribution in [2.24, 2.45) is 17.8 Å². The third kappa shape index (κ3) is 6.46. The highest BCUT2D eigenvalue weighted by Gasteiger charge is 2.36. The van der Waals surface area contributed by atoms with E-state index in [-0.39, 0.29) is 30.8 Å². The van der Waals surface area contributed by atoms with Crippen LogP contribution in [0.5, 0.6) is 0 Å². The summed E-state index contributed by atoms with van der Waals surface area (Å²) < 4.78 is 5.35. The number of likely N-dealkylation sites (tertiary alicyclic amines) is 1. The van der Waals surface area contributed by atoms with Crippen molar-refractivity contribution in [3.05, 3.63) is 0 Å². The van der Waals surface area contributed by atoms with E-state index in [2.05, 4.69) is 0 Å². The van der Waals surface area contributed by atoms with E-state index < -0.39 is 23.5 Å². The van der Waals surface area contributed by atoms with Crippen LogP contribution >= 0.6 is 0 Å². The van der Waals surface area contributed by atoms with E-state index in [1.165, 1.54) is 0 Å². The molecule has 1 heterocycles. The molecule has 0 bridgehead atoms. The first-order valence-corrected chi connectivity index (χ1v) is 7.91. The maximum Gasteiger partial charge on any atom is 0.410 e. The fourth-order valence-corrected chi connectivity index (χ4v) is 3.18. The van der Waals surface area contributed by atoms with Crippen molar-refractivity contribution in [3.63, 3.8) is 0 Å². The summed E-state index contributed by atoms with van der Waals surface area (Å²) in [6, 6.07) is 0. The van der Waals surface area contributed by atoms with Crippen molar-refractivity contribution >= 4 is 18.0 Å². The van der Waals surface area contributed by atoms with Crippen molar-refractivity contribution in [2.75, 3.05) is 13.1 Å². The van der Waals surface area contributed by atoms with Crippen molar-refractivity contribution in [2.45, 2.75) is 52.6 Å². The second kappa shape index (κ2) is 7.66. The highest BCUT2D eigenvalue weighted by Crippen LogP contribution is 2.34. The molecule has 0 spiro atoms. The van der Waals surface area contributed by atoms with Gasteiger partial charge in [0.05, 0.1) is 0 Å². The number of amides is 1. The number of hydrogen-bond donors (Lipinski definition) is 2. The molecule has 1 rings (SSSR count). The molecule has 23 heavy (non-hydrogen) atoms. The SMILES string of the molecule is CC1CN(C(=O)OC(C)(C)C)CCC1C(CC(=O)O)CC(=O)O. The average Bonchev–Trinajstić information content (AvgIpc) is 2.34. The molecule has 0 aromatic rings. The van der Waals surface area contributed by atoms with Crippen LogP contribution in [0, 0.1) is 17.8 Å². The molecule has 0 aromatic carbocycles. The molecular weight excluding hydrogens is 302 g/mol. The van der Waals surface area contributed by atoms with Crippen molar-refractivity contribution < 1.29 is 29.3 Å². The van der Waals surface area contributed by atoms with Crippen LogP contribution in [0.15, 0.2) is 0 Å². The summed E-state index contributed by atoms with van der Waals surface area (Å²) in [6.07, 6.45) is -0.108. The van der Waals surface area contributed by atoms with Crippen LogP contribution in [0.3, 0.4) is 0 Å². The van der Waals surface area contributed by atoms with E-state index >= 15 is 0 Å². The lowest BCUT2D eigenvalue weighted by atomic mass is 9.75. The van der Waals surface area contributed by atoms with E-state index in [0.29, 0.717) is 19.5 Å². The molecule has 132 valence electrons. The van der Waals surface area contributed by atoms with Gasteiger partial charge >= 0.3 is 18.0 Å². The fourth-order valence-electron chi connectivity index (χ4n) is 3.18. The van der Waals surface area contributed by atoms with E-state index in [4.69, 9.17) is 14.9 Å². The van der Waals surface area contributed by atoms with E-state index in [9.17, 15) is 14.4 Å². The van der Waals surface area contributed by atoms with Crippen LogP contribution in [0.1, 0.15) is 47.0 Å². The number of hydrogen-bond acceptors (Lipinski definition) is 4. The zero-order valence-electron chi connectivity index (χ0n) is 14.2. The summed E-state index contributed by atoms with van der Waals surface area (Å²) in [7, 11) is 0. The molecule has 1 saturated heterocycles. The fraction of sp³-hybridized carbons (Fsp3) is 0.812. The third-order valence-corrected chi connectivity index (χ3v) is 4.10. The summed E-state index contributed by atoms with van der Waals surface area (Å²) >= 11 is 0. The Bertz CT molecular complexity index is 440. The summed E-state index contributed by atoms with van der Waals surface area (Å²) in [5.74, 6) is -2.39. The Morgan fingerprint density at radius 1 is 1.17 bits per heavy atom. The standard InChI is InChI=1S/C16H27NO6/c1-10-9-17(15(22)23-16(2,3)4)6-5-12(10)11(7-13(18)19)8-14(20)21/h10-12H,5-9H2,1-4H3,(H,18,19)(H,20,21). The average molecular weight is 329 g/mol. The van der Waals surface area contributed by atoms with Crippen molar-refractivity contribution in [3.8, 4) is 0 Å². The number of rotatable bonds is 5. The van der Waals surface area contributed by atoms with Gasteiger partial charge in [-0.05, 0) is 44.9 Å². The maximum atomic E-state index is 12.1. The quantitative estimate of drug-likeness (QED) is 0.803. The Morgan fingerprint density at radius 2 is 1.70 bits per heavy atom. The largest absolute Gasteiger partial charge is 0.481 e. The number of aliphatic carboxylic acids is 2. The summed E-state index contributed by atoms with van der Waals surface area (Å²) in [5.41, 5.74) is -0.563. The van der Waals surface area contributed by atoms with Crippen LogP contribution in [0.4, 0.5) is 4.79 Å². The molecule has 1 aliphatic rings. The maximum absolute atomic E-state index is 12.1. The van der Waals surface area contributed by atoms with Gasteiger partial charge in [-0.2, -0.15) is 0 Å². The van der Waals surface area contributed by atoms with Gasteiger partial charge in [-0.3, -0.25) is 9.59 Å². The van der Waals surface area contributed by atoms with Gasteiger partial charge in [0.1, 0.15) is 5.60 Å². The molecule has 1 aliphatic heterocycles. The summed E-state index contributed by atoms with van der Waals surface area (Å²) in [5, 5.41) is 18.0. The monoisotopic (exact) mass is 329 g/mol. The Labute approximate surface area is 136 Å². The van der Waals surface area contributed by atoms with Gasteiger partial charge in [0.2, 0.25) is 0 Å². The number of piperidine rings is 1. The van der Waals surface area contributed by atoms with Crippen LogP contribution in [-0.2, 0) is 14.3 Å². The Kier molecular flexibility index (Phi) is 6.41. The molecule has 0 aliphatic carbocycles. The molecule has 7 nitrogen and oxygen atoms in total. The molecule has 0 radical (unpaired) electrons. The minimum Gasteiger partial charge on any atom is -0.481 e. The number of carboxylic acid groups (broad SMARTS) is 2. The lowest BCUT2D eigenvalue weighted by Crippen LogP contribution is -2.47. The molecule has 1 fully saturated rings. The molecule has 0 aromatic heterocycles. The number of carbonyl (C=O) groups excluding carboxylic acids is 1. The molecule has 0 saturated carbocycles. The van der Waals surface area contributed by atoms with Crippen LogP contribution in [-0.4, -0.2) is 51.8 Å². The molecule has 2 N–H and O–H groups in total. The van der Waals surface area contributed by atoms with Gasteiger partial charge in [-0.25, -0.2) is 4.79 Å². The van der Waals surface area contributed by atoms with Crippen LogP contribution in [0.2, 0.25) is 0 Å². The third-order valence-electron chi connectivity index (χ3n) is 4.10. The van der Waals surface area contributed by atoms with Gasteiger partial charge in [-0.1, -0.05) is 6.92 Å². The van der Waals surface area contributed by atoms with Crippen molar-refractivity contribution in [1.82, 2.24) is 4.90 Å². The number of carboxylic acids is 2. The first kappa shape index (κ1) is 19.3. The predicted molar refractivity (Wildman–Crippen MR) is 83.1 cm³/mol. The minimum atomic E-state index is -0.988. The van der Waals surface area contributed by atoms with E-state index in [1.54, 1.807) is 25.7 Å². The number of ether oxygens (including phenoxy) is 1. The van der Waals surface area contributed by atoms with Gasteiger partial charge in [-0.15, -0.1) is 0 Å². The van der Waals surface area contributed by atoms with Crippen molar-refractivity contribution in [1.29, 1.82) is 0 Å². The Hall–Kier alpha value is -1.79. The topological polar surface area (TPSA) is 104 Å². The second-order valence-electron chi connectivity index (χ2n) is 7.31. The molecule has 2 atom stereocenters.